The van der Waals surface area contributed by atoms with Crippen LogP contribution in [-0.2, 0) is 9.59 Å². The lowest BCUT2D eigenvalue weighted by molar-refractivity contribution is -0.142. The molecule has 0 saturated heterocycles. The fourth-order valence-corrected chi connectivity index (χ4v) is 3.38. The van der Waals surface area contributed by atoms with Crippen LogP contribution in [0.2, 0.25) is 0 Å². The molecule has 0 fully saturated rings. The lowest BCUT2D eigenvalue weighted by Gasteiger charge is -2.21. The van der Waals surface area contributed by atoms with E-state index in [1.807, 2.05) is 6.07 Å². The Labute approximate surface area is 178 Å². The van der Waals surface area contributed by atoms with Gasteiger partial charge in [0.05, 0.1) is 11.5 Å². The molecule has 2 rings (SSSR count). The van der Waals surface area contributed by atoms with Gasteiger partial charge in [0.25, 0.3) is 0 Å². The van der Waals surface area contributed by atoms with E-state index in [4.69, 9.17) is 9.94 Å². The first-order valence-electron chi connectivity index (χ1n) is 9.26. The molecule has 2 aromatic carbocycles. The second kappa shape index (κ2) is 11.2. The number of rotatable bonds is 11. The van der Waals surface area contributed by atoms with E-state index in [2.05, 4.69) is 12.6 Å². The normalized spacial score (nSPS) is 12.6. The number of nitrogens with one attached hydrogen (secondary N) is 1. The van der Waals surface area contributed by atoms with Crippen LogP contribution >= 0.6 is 12.6 Å². The van der Waals surface area contributed by atoms with Crippen LogP contribution in [0, 0.1) is 5.92 Å². The van der Waals surface area contributed by atoms with E-state index >= 15 is 0 Å². The predicted molar refractivity (Wildman–Crippen MR) is 111 cm³/mol. The predicted octanol–water partition coefficient (Wildman–Crippen LogP) is 3.91. The fourth-order valence-electron chi connectivity index (χ4n) is 2.95. The van der Waals surface area contributed by atoms with Crippen molar-refractivity contribution in [3.05, 3.63) is 59.7 Å². The summed E-state index contributed by atoms with van der Waals surface area (Å²) in [5.41, 5.74) is 1.89. The van der Waals surface area contributed by atoms with Crippen molar-refractivity contribution in [2.45, 2.75) is 30.9 Å². The minimum Gasteiger partial charge on any atom is -0.481 e. The second-order valence-corrected chi connectivity index (χ2v) is 7.24. The Morgan fingerprint density at radius 3 is 2.30 bits per heavy atom. The van der Waals surface area contributed by atoms with Gasteiger partial charge in [0.2, 0.25) is 5.91 Å². The molecule has 8 nitrogen and oxygen atoms in total. The molecule has 0 aromatic heterocycles. The molecule has 0 aliphatic rings. The van der Waals surface area contributed by atoms with Gasteiger partial charge in [-0.1, -0.05) is 24.6 Å². The molecule has 160 valence electrons. The van der Waals surface area contributed by atoms with Crippen molar-refractivity contribution in [1.29, 1.82) is 0 Å². The number of hydrogen-bond donors (Lipinski definition) is 5. The number of para-hydroxylation sites is 1. The molecule has 1 amide bonds. The number of ether oxygens (including phenoxy) is 1. The Morgan fingerprint density at radius 1 is 1.00 bits per heavy atom. The number of carboxylic acids is 2. The number of carboxylic acid groups (broad SMARTS) is 2. The number of carbonyl (C=O) groups excluding carboxylic acids is 1. The smallest absolute Gasteiger partial charge is 0.335 e. The highest BCUT2D eigenvalue weighted by Crippen LogP contribution is 2.36. The monoisotopic (exact) mass is 433 g/mol. The van der Waals surface area contributed by atoms with Gasteiger partial charge in [0.15, 0.2) is 0 Å². The van der Waals surface area contributed by atoms with E-state index in [-0.39, 0.29) is 24.2 Å². The van der Waals surface area contributed by atoms with Crippen molar-refractivity contribution in [3.8, 4) is 11.5 Å². The Morgan fingerprint density at radius 2 is 1.70 bits per heavy atom. The summed E-state index contributed by atoms with van der Waals surface area (Å²) in [6.07, 6.45) is 1.12. The topological polar surface area (TPSA) is 133 Å². The minimum absolute atomic E-state index is 0.0405. The average molecular weight is 433 g/mol. The number of hydrogen-bond acceptors (Lipinski definition) is 6. The molecular formula is C21H23NO7S. The summed E-state index contributed by atoms with van der Waals surface area (Å²) < 4.78 is 5.72. The zero-order chi connectivity index (χ0) is 22.1. The number of hydroxylamine groups is 1. The summed E-state index contributed by atoms with van der Waals surface area (Å²) in [6, 6.07) is 13.1. The van der Waals surface area contributed by atoms with Crippen LogP contribution in [0.5, 0.6) is 11.5 Å². The average Bonchev–Trinajstić information content (AvgIpc) is 2.73. The van der Waals surface area contributed by atoms with Crippen molar-refractivity contribution in [2.75, 3.05) is 0 Å². The van der Waals surface area contributed by atoms with Crippen LogP contribution in [0.25, 0.3) is 0 Å². The van der Waals surface area contributed by atoms with Crippen molar-refractivity contribution in [1.82, 2.24) is 5.48 Å². The van der Waals surface area contributed by atoms with Crippen molar-refractivity contribution in [2.24, 2.45) is 5.92 Å². The van der Waals surface area contributed by atoms with E-state index in [9.17, 15) is 24.6 Å². The van der Waals surface area contributed by atoms with Crippen LogP contribution in [0.1, 0.15) is 46.9 Å². The zero-order valence-electron chi connectivity index (χ0n) is 16.0. The van der Waals surface area contributed by atoms with E-state index in [0.717, 1.165) is 0 Å². The van der Waals surface area contributed by atoms with Crippen molar-refractivity contribution >= 4 is 30.5 Å². The van der Waals surface area contributed by atoms with E-state index in [1.165, 1.54) is 17.6 Å². The van der Waals surface area contributed by atoms with E-state index in [0.29, 0.717) is 24.2 Å². The Balaban J connectivity index is 2.21. The SMILES string of the molecule is O=C(CCCCC(C(=O)O)C(S)c1cc(Oc2ccccc2)cc(C(=O)O)c1)NO. The first-order chi connectivity index (χ1) is 14.3. The molecule has 30 heavy (non-hydrogen) atoms. The lowest BCUT2D eigenvalue weighted by atomic mass is 9.92. The third-order valence-electron chi connectivity index (χ3n) is 4.49. The first-order valence-corrected chi connectivity index (χ1v) is 9.78. The van der Waals surface area contributed by atoms with Gasteiger partial charge in [-0.05, 0) is 48.7 Å². The maximum Gasteiger partial charge on any atom is 0.335 e. The minimum atomic E-state index is -1.17. The second-order valence-electron chi connectivity index (χ2n) is 6.68. The number of benzene rings is 2. The molecule has 0 bridgehead atoms. The number of carbonyl (C=O) groups is 3. The van der Waals surface area contributed by atoms with Gasteiger partial charge in [-0.3, -0.25) is 14.8 Å². The van der Waals surface area contributed by atoms with Gasteiger partial charge in [-0.25, -0.2) is 10.3 Å². The van der Waals surface area contributed by atoms with Gasteiger partial charge < -0.3 is 14.9 Å². The summed E-state index contributed by atoms with van der Waals surface area (Å²) in [5, 5.41) is 26.8. The van der Waals surface area contributed by atoms with E-state index in [1.54, 1.807) is 30.3 Å². The van der Waals surface area contributed by atoms with Crippen molar-refractivity contribution in [3.63, 3.8) is 0 Å². The molecule has 0 heterocycles. The number of unbranched alkanes of at least 4 members (excludes halogenated alkanes) is 1. The molecule has 4 N–H and O–H groups in total. The largest absolute Gasteiger partial charge is 0.481 e. The van der Waals surface area contributed by atoms with E-state index < -0.39 is 29.0 Å². The van der Waals surface area contributed by atoms with Gasteiger partial charge in [0.1, 0.15) is 11.5 Å². The first kappa shape index (κ1) is 23.2. The Kier molecular flexibility index (Phi) is 8.70. The van der Waals surface area contributed by atoms with Crippen molar-refractivity contribution < 1.29 is 34.5 Å². The summed E-state index contributed by atoms with van der Waals surface area (Å²) >= 11 is 4.46. The molecule has 0 saturated carbocycles. The van der Waals surface area contributed by atoms with Crippen LogP contribution < -0.4 is 10.2 Å². The molecule has 0 aliphatic carbocycles. The summed E-state index contributed by atoms with van der Waals surface area (Å²) in [6.45, 7) is 0. The molecule has 0 radical (unpaired) electrons. The third-order valence-corrected chi connectivity index (χ3v) is 5.15. The molecule has 2 unspecified atom stereocenters. The summed E-state index contributed by atoms with van der Waals surface area (Å²) in [4.78, 5) is 34.4. The molecule has 2 atom stereocenters. The number of amides is 1. The van der Waals surface area contributed by atoms with Gasteiger partial charge in [-0.2, -0.15) is 12.6 Å². The molecule has 0 spiro atoms. The number of aliphatic carboxylic acids is 1. The van der Waals surface area contributed by atoms with Gasteiger partial charge >= 0.3 is 11.9 Å². The molecule has 9 heteroatoms. The van der Waals surface area contributed by atoms with Crippen LogP contribution in [0.3, 0.4) is 0 Å². The maximum absolute atomic E-state index is 11.8. The maximum atomic E-state index is 11.8. The highest BCUT2D eigenvalue weighted by atomic mass is 32.1. The highest BCUT2D eigenvalue weighted by Gasteiger charge is 2.27. The summed E-state index contributed by atoms with van der Waals surface area (Å²) in [7, 11) is 0. The molecular weight excluding hydrogens is 410 g/mol. The zero-order valence-corrected chi connectivity index (χ0v) is 16.9. The van der Waals surface area contributed by atoms with Gasteiger partial charge in [-0.15, -0.1) is 0 Å². The standard InChI is InChI=1S/C21H23NO7S/c23-18(22-28)9-5-4-8-17(21(26)27)19(30)13-10-14(20(24)25)12-16(11-13)29-15-6-2-1-3-7-15/h1-3,6-7,10-12,17,19,28,30H,4-5,8-9H2,(H,22,23)(H,24,25)(H,26,27). The molecule has 0 aliphatic heterocycles. The Bertz CT molecular complexity index is 888. The number of thiol groups is 1. The summed E-state index contributed by atoms with van der Waals surface area (Å²) in [5.74, 6) is -2.91. The van der Waals surface area contributed by atoms with Crippen LogP contribution in [-0.4, -0.2) is 33.3 Å². The van der Waals surface area contributed by atoms with Crippen LogP contribution in [0.15, 0.2) is 48.5 Å². The van der Waals surface area contributed by atoms with Crippen LogP contribution in [0.4, 0.5) is 0 Å². The molecule has 2 aromatic rings. The van der Waals surface area contributed by atoms with Gasteiger partial charge in [0, 0.05) is 11.7 Å². The lowest BCUT2D eigenvalue weighted by Crippen LogP contribution is -2.20. The third kappa shape index (κ3) is 6.78. The number of aromatic carboxylic acids is 1. The Hall–Kier alpha value is -3.04. The fraction of sp³-hybridized carbons (Fsp3) is 0.286. The quantitative estimate of drug-likeness (QED) is 0.157. The highest BCUT2D eigenvalue weighted by molar-refractivity contribution is 7.80.